The zero-order valence-electron chi connectivity index (χ0n) is 16.3. The number of nitrogens with one attached hydrogen (secondary N) is 2. The van der Waals surface area contributed by atoms with E-state index in [2.05, 4.69) is 15.3 Å². The Balaban J connectivity index is 1.29. The molecule has 2 aromatic carbocycles. The third kappa shape index (κ3) is 5.02. The number of benzene rings is 2. The van der Waals surface area contributed by atoms with Gasteiger partial charge in [-0.1, -0.05) is 18.2 Å². The average Bonchev–Trinajstić information content (AvgIpc) is 3.21. The van der Waals surface area contributed by atoms with E-state index in [1.54, 1.807) is 6.07 Å². The molecule has 150 valence electrons. The summed E-state index contributed by atoms with van der Waals surface area (Å²) in [6.45, 7) is 0. The first-order chi connectivity index (χ1) is 14.2. The Kier molecular flexibility index (Phi) is 5.89. The second-order valence-electron chi connectivity index (χ2n) is 7.48. The number of nitrogens with zero attached hydrogens (tertiary/aromatic N) is 1. The van der Waals surface area contributed by atoms with Gasteiger partial charge >= 0.3 is 0 Å². The maximum atomic E-state index is 12.3. The molecule has 6 nitrogen and oxygen atoms in total. The van der Waals surface area contributed by atoms with Gasteiger partial charge in [0.1, 0.15) is 11.6 Å². The third-order valence-corrected chi connectivity index (χ3v) is 5.20. The molecule has 1 saturated carbocycles. The summed E-state index contributed by atoms with van der Waals surface area (Å²) in [5, 5.41) is 3.50. The van der Waals surface area contributed by atoms with Gasteiger partial charge in [-0.15, -0.1) is 0 Å². The minimum Gasteiger partial charge on any atom is -0.490 e. The van der Waals surface area contributed by atoms with Crippen molar-refractivity contribution in [1.29, 1.82) is 0 Å². The molecule has 0 aliphatic heterocycles. The molecule has 0 spiro atoms. The average molecular weight is 391 g/mol. The van der Waals surface area contributed by atoms with Crippen LogP contribution in [0.25, 0.3) is 10.9 Å². The summed E-state index contributed by atoms with van der Waals surface area (Å²) in [4.78, 5) is 31.7. The number of carbonyl (C=O) groups excluding carboxylic acids is 1. The number of ether oxygens (including phenoxy) is 1. The van der Waals surface area contributed by atoms with Crippen LogP contribution in [0.2, 0.25) is 0 Å². The fourth-order valence-electron chi connectivity index (χ4n) is 3.74. The van der Waals surface area contributed by atoms with Crippen molar-refractivity contribution in [2.45, 2.75) is 51.0 Å². The van der Waals surface area contributed by atoms with Crippen molar-refractivity contribution in [3.8, 4) is 5.75 Å². The molecule has 0 radical (unpaired) electrons. The highest BCUT2D eigenvalue weighted by Gasteiger charge is 2.16. The summed E-state index contributed by atoms with van der Waals surface area (Å²) in [5.74, 6) is 1.34. The largest absolute Gasteiger partial charge is 0.490 e. The van der Waals surface area contributed by atoms with Crippen LogP contribution in [0.5, 0.6) is 5.75 Å². The van der Waals surface area contributed by atoms with Crippen molar-refractivity contribution in [1.82, 2.24) is 9.97 Å². The van der Waals surface area contributed by atoms with Crippen molar-refractivity contribution in [2.75, 3.05) is 5.32 Å². The Hall–Kier alpha value is -3.15. The van der Waals surface area contributed by atoms with E-state index >= 15 is 0 Å². The topological polar surface area (TPSA) is 84.1 Å². The van der Waals surface area contributed by atoms with E-state index in [0.29, 0.717) is 36.0 Å². The van der Waals surface area contributed by atoms with Crippen molar-refractivity contribution in [3.05, 3.63) is 64.7 Å². The van der Waals surface area contributed by atoms with E-state index in [1.165, 1.54) is 12.8 Å². The molecule has 0 bridgehead atoms. The number of anilines is 1. The molecule has 0 atom stereocenters. The number of hydrogen-bond donors (Lipinski definition) is 2. The minimum atomic E-state index is -0.144. The zero-order chi connectivity index (χ0) is 20.1. The fourth-order valence-corrected chi connectivity index (χ4v) is 3.74. The molecule has 1 heterocycles. The Morgan fingerprint density at radius 1 is 1.14 bits per heavy atom. The maximum absolute atomic E-state index is 12.3. The molecular weight excluding hydrogens is 366 g/mol. The van der Waals surface area contributed by atoms with E-state index in [9.17, 15) is 9.59 Å². The summed E-state index contributed by atoms with van der Waals surface area (Å²) in [5.41, 5.74) is 1.27. The molecule has 29 heavy (non-hydrogen) atoms. The highest BCUT2D eigenvalue weighted by atomic mass is 16.5. The van der Waals surface area contributed by atoms with E-state index in [-0.39, 0.29) is 17.6 Å². The predicted octanol–water partition coefficient (Wildman–Crippen LogP) is 4.21. The van der Waals surface area contributed by atoms with Gasteiger partial charge in [-0.3, -0.25) is 9.59 Å². The second kappa shape index (κ2) is 8.90. The van der Waals surface area contributed by atoms with E-state index in [0.717, 1.165) is 24.3 Å². The van der Waals surface area contributed by atoms with Gasteiger partial charge in [-0.05, 0) is 56.4 Å². The van der Waals surface area contributed by atoms with Crippen molar-refractivity contribution >= 4 is 22.5 Å². The molecule has 1 aliphatic carbocycles. The predicted molar refractivity (Wildman–Crippen MR) is 113 cm³/mol. The fraction of sp³-hybridized carbons (Fsp3) is 0.348. The van der Waals surface area contributed by atoms with Crippen LogP contribution >= 0.6 is 0 Å². The first kappa shape index (κ1) is 19.2. The number of amides is 1. The highest BCUT2D eigenvalue weighted by molar-refractivity contribution is 5.90. The monoisotopic (exact) mass is 391 g/mol. The van der Waals surface area contributed by atoms with Crippen LogP contribution in [0.3, 0.4) is 0 Å². The van der Waals surface area contributed by atoms with Crippen LogP contribution in [0, 0.1) is 0 Å². The molecule has 1 aromatic heterocycles. The van der Waals surface area contributed by atoms with Gasteiger partial charge in [-0.25, -0.2) is 4.98 Å². The normalized spacial score (nSPS) is 14.2. The molecule has 1 amide bonds. The number of aromatic amines is 1. The van der Waals surface area contributed by atoms with Gasteiger partial charge in [-0.2, -0.15) is 0 Å². The van der Waals surface area contributed by atoms with Crippen molar-refractivity contribution < 1.29 is 9.53 Å². The lowest BCUT2D eigenvalue weighted by molar-refractivity contribution is -0.116. The molecule has 2 N–H and O–H groups in total. The Morgan fingerprint density at radius 2 is 1.97 bits per heavy atom. The number of aromatic nitrogens is 2. The van der Waals surface area contributed by atoms with E-state index in [4.69, 9.17) is 4.74 Å². The number of aryl methyl sites for hydroxylation is 1. The van der Waals surface area contributed by atoms with Crippen LogP contribution < -0.4 is 15.6 Å². The van der Waals surface area contributed by atoms with Crippen LogP contribution in [-0.4, -0.2) is 22.0 Å². The Labute approximate surface area is 169 Å². The SMILES string of the molecule is O=C(CCCc1nc2ccccc2c(=O)[nH]1)Nc1cccc(OC2CCCC2)c1. The molecule has 1 fully saturated rings. The smallest absolute Gasteiger partial charge is 0.258 e. The number of H-pyrrole nitrogens is 1. The van der Waals surface area contributed by atoms with Gasteiger partial charge in [0.25, 0.3) is 5.56 Å². The van der Waals surface area contributed by atoms with Gasteiger partial charge in [0.2, 0.25) is 5.91 Å². The van der Waals surface area contributed by atoms with E-state index in [1.807, 2.05) is 42.5 Å². The lowest BCUT2D eigenvalue weighted by atomic mass is 10.2. The first-order valence-electron chi connectivity index (χ1n) is 10.2. The summed E-state index contributed by atoms with van der Waals surface area (Å²) in [7, 11) is 0. The summed E-state index contributed by atoms with van der Waals surface area (Å²) < 4.78 is 5.99. The summed E-state index contributed by atoms with van der Waals surface area (Å²) >= 11 is 0. The molecule has 6 heteroatoms. The molecule has 1 aliphatic rings. The number of hydrogen-bond acceptors (Lipinski definition) is 4. The molecule has 4 rings (SSSR count). The number of rotatable bonds is 7. The van der Waals surface area contributed by atoms with Gasteiger partial charge in [0.15, 0.2) is 0 Å². The van der Waals surface area contributed by atoms with Gasteiger partial charge < -0.3 is 15.0 Å². The van der Waals surface area contributed by atoms with Crippen LogP contribution in [0.4, 0.5) is 5.69 Å². The first-order valence-corrected chi connectivity index (χ1v) is 10.2. The van der Waals surface area contributed by atoms with E-state index < -0.39 is 0 Å². The third-order valence-electron chi connectivity index (χ3n) is 5.20. The van der Waals surface area contributed by atoms with Crippen LogP contribution in [0.15, 0.2) is 53.3 Å². The van der Waals surface area contributed by atoms with Gasteiger partial charge in [0.05, 0.1) is 17.0 Å². The lowest BCUT2D eigenvalue weighted by Gasteiger charge is -2.14. The molecule has 3 aromatic rings. The molecule has 0 saturated heterocycles. The van der Waals surface area contributed by atoms with Gasteiger partial charge in [0, 0.05) is 24.6 Å². The summed E-state index contributed by atoms with van der Waals surface area (Å²) in [6, 6.07) is 14.8. The summed E-state index contributed by atoms with van der Waals surface area (Å²) in [6.07, 6.45) is 6.42. The number of fused-ring (bicyclic) bond motifs is 1. The number of para-hydroxylation sites is 1. The quantitative estimate of drug-likeness (QED) is 0.632. The van der Waals surface area contributed by atoms with Crippen molar-refractivity contribution in [2.24, 2.45) is 0 Å². The second-order valence-corrected chi connectivity index (χ2v) is 7.48. The highest BCUT2D eigenvalue weighted by Crippen LogP contribution is 2.25. The Bertz CT molecular complexity index is 1050. The molecular formula is C23H25N3O3. The van der Waals surface area contributed by atoms with Crippen LogP contribution in [-0.2, 0) is 11.2 Å². The van der Waals surface area contributed by atoms with Crippen molar-refractivity contribution in [3.63, 3.8) is 0 Å². The van der Waals surface area contributed by atoms with Crippen LogP contribution in [0.1, 0.15) is 44.3 Å². The minimum absolute atomic E-state index is 0.0637. The zero-order valence-corrected chi connectivity index (χ0v) is 16.3. The molecule has 0 unspecified atom stereocenters. The number of carbonyl (C=O) groups is 1. The standard InChI is InChI=1S/C23H25N3O3/c27-22(24-16-7-5-10-18(15-16)29-17-8-1-2-9-17)14-6-13-21-25-20-12-4-3-11-19(20)23(28)26-21/h3-5,7,10-12,15,17H,1-2,6,8-9,13-14H2,(H,24,27)(H,25,26,28). The lowest BCUT2D eigenvalue weighted by Crippen LogP contribution is -2.14. The Morgan fingerprint density at radius 3 is 2.83 bits per heavy atom. The maximum Gasteiger partial charge on any atom is 0.258 e.